The van der Waals surface area contributed by atoms with Crippen molar-refractivity contribution in [3.8, 4) is 5.75 Å². The van der Waals surface area contributed by atoms with Crippen molar-refractivity contribution in [2.24, 2.45) is 0 Å². The third-order valence-electron chi connectivity index (χ3n) is 4.95. The Morgan fingerprint density at radius 3 is 2.64 bits per heavy atom. The van der Waals surface area contributed by atoms with E-state index in [-0.39, 0.29) is 16.9 Å². The lowest BCUT2D eigenvalue weighted by molar-refractivity contribution is -0.181. The van der Waals surface area contributed by atoms with Crippen LogP contribution in [0.25, 0.3) is 10.9 Å². The number of likely N-dealkylation sites (tertiary alicyclic amines) is 1. The molecule has 1 aromatic heterocycles. The van der Waals surface area contributed by atoms with Gasteiger partial charge in [0, 0.05) is 32.1 Å². The number of nitrogens with zero attached hydrogens (tertiary/aromatic N) is 1. The number of aromatic nitrogens is 1. The SMILES string of the molecule is COc1cccc2c(=O)c(C(=O)N3CCC4(CC3)OCCO4)c[nH]c12. The van der Waals surface area contributed by atoms with E-state index in [1.807, 2.05) is 0 Å². The van der Waals surface area contributed by atoms with Gasteiger partial charge >= 0.3 is 0 Å². The fraction of sp³-hybridized carbons (Fsp3) is 0.444. The highest BCUT2D eigenvalue weighted by Crippen LogP contribution is 2.31. The fourth-order valence-corrected chi connectivity index (χ4v) is 3.56. The van der Waals surface area contributed by atoms with Crippen LogP contribution in [-0.4, -0.2) is 55.0 Å². The number of hydrogen-bond donors (Lipinski definition) is 1. The molecule has 2 aromatic rings. The van der Waals surface area contributed by atoms with Crippen LogP contribution in [0.2, 0.25) is 0 Å². The molecule has 2 saturated heterocycles. The predicted octanol–water partition coefficient (Wildman–Crippen LogP) is 1.52. The largest absolute Gasteiger partial charge is 0.495 e. The van der Waals surface area contributed by atoms with Crippen LogP contribution in [0.3, 0.4) is 0 Å². The summed E-state index contributed by atoms with van der Waals surface area (Å²) in [4.78, 5) is 30.3. The number of fused-ring (bicyclic) bond motifs is 1. The number of H-pyrrole nitrogens is 1. The topological polar surface area (TPSA) is 80.9 Å². The van der Waals surface area contributed by atoms with Gasteiger partial charge in [-0.1, -0.05) is 6.07 Å². The van der Waals surface area contributed by atoms with Gasteiger partial charge in [0.15, 0.2) is 5.79 Å². The molecule has 2 aliphatic rings. The summed E-state index contributed by atoms with van der Waals surface area (Å²) in [6.45, 7) is 2.21. The number of aromatic amines is 1. The number of ether oxygens (including phenoxy) is 3. The summed E-state index contributed by atoms with van der Waals surface area (Å²) < 4.78 is 16.6. The average molecular weight is 344 g/mol. The highest BCUT2D eigenvalue weighted by molar-refractivity contribution is 5.98. The van der Waals surface area contributed by atoms with Crippen LogP contribution >= 0.6 is 0 Å². The molecule has 1 aromatic carbocycles. The van der Waals surface area contributed by atoms with Crippen LogP contribution in [0.1, 0.15) is 23.2 Å². The molecule has 2 fully saturated rings. The monoisotopic (exact) mass is 344 g/mol. The summed E-state index contributed by atoms with van der Waals surface area (Å²) in [5.41, 5.74) is 0.452. The van der Waals surface area contributed by atoms with Crippen molar-refractivity contribution < 1.29 is 19.0 Å². The van der Waals surface area contributed by atoms with Crippen molar-refractivity contribution in [1.29, 1.82) is 0 Å². The second-order valence-corrected chi connectivity index (χ2v) is 6.31. The van der Waals surface area contributed by atoms with Gasteiger partial charge < -0.3 is 24.1 Å². The highest BCUT2D eigenvalue weighted by atomic mass is 16.7. The number of benzene rings is 1. The smallest absolute Gasteiger partial charge is 0.259 e. The Kier molecular flexibility index (Phi) is 3.97. The summed E-state index contributed by atoms with van der Waals surface area (Å²) in [6, 6.07) is 5.20. The van der Waals surface area contributed by atoms with Gasteiger partial charge in [-0.15, -0.1) is 0 Å². The first kappa shape index (κ1) is 16.1. The maximum absolute atomic E-state index is 12.8. The number of carbonyl (C=O) groups excluding carboxylic acids is 1. The molecule has 4 rings (SSSR count). The van der Waals surface area contributed by atoms with Crippen molar-refractivity contribution in [1.82, 2.24) is 9.88 Å². The van der Waals surface area contributed by atoms with Crippen LogP contribution in [0.15, 0.2) is 29.2 Å². The molecule has 1 spiro atoms. The molecule has 25 heavy (non-hydrogen) atoms. The van der Waals surface area contributed by atoms with Gasteiger partial charge in [-0.3, -0.25) is 9.59 Å². The van der Waals surface area contributed by atoms with E-state index in [9.17, 15) is 9.59 Å². The van der Waals surface area contributed by atoms with Crippen molar-refractivity contribution in [3.63, 3.8) is 0 Å². The number of amides is 1. The summed E-state index contributed by atoms with van der Waals surface area (Å²) in [7, 11) is 1.54. The zero-order valence-electron chi connectivity index (χ0n) is 14.0. The molecular formula is C18H20N2O5. The summed E-state index contributed by atoms with van der Waals surface area (Å²) in [6.07, 6.45) is 2.72. The third kappa shape index (κ3) is 2.69. The molecule has 132 valence electrons. The molecule has 0 radical (unpaired) electrons. The molecule has 0 bridgehead atoms. The van der Waals surface area contributed by atoms with E-state index in [0.29, 0.717) is 55.8 Å². The van der Waals surface area contributed by atoms with E-state index in [2.05, 4.69) is 4.98 Å². The normalized spacial score (nSPS) is 19.5. The quantitative estimate of drug-likeness (QED) is 0.893. The number of para-hydroxylation sites is 1. The second-order valence-electron chi connectivity index (χ2n) is 6.31. The lowest BCUT2D eigenvalue weighted by Gasteiger charge is -2.37. The molecule has 7 nitrogen and oxygen atoms in total. The molecule has 1 N–H and O–H groups in total. The van der Waals surface area contributed by atoms with Gasteiger partial charge in [0.05, 0.1) is 31.2 Å². The van der Waals surface area contributed by atoms with E-state index in [4.69, 9.17) is 14.2 Å². The van der Waals surface area contributed by atoms with Gasteiger partial charge in [0.25, 0.3) is 5.91 Å². The number of hydrogen-bond acceptors (Lipinski definition) is 5. The van der Waals surface area contributed by atoms with Crippen LogP contribution in [0.4, 0.5) is 0 Å². The van der Waals surface area contributed by atoms with Crippen molar-refractivity contribution >= 4 is 16.8 Å². The van der Waals surface area contributed by atoms with Crippen molar-refractivity contribution in [3.05, 3.63) is 40.2 Å². The molecule has 3 heterocycles. The van der Waals surface area contributed by atoms with Gasteiger partial charge in [0.2, 0.25) is 5.43 Å². The third-order valence-corrected chi connectivity index (χ3v) is 4.95. The molecule has 0 atom stereocenters. The standard InChI is InChI=1S/C18H20N2O5/c1-23-14-4-2-3-12-15(14)19-11-13(16(12)21)17(22)20-7-5-18(6-8-20)24-9-10-25-18/h2-4,11H,5-10H2,1H3,(H,19,21). The number of carbonyl (C=O) groups is 1. The fourth-order valence-electron chi connectivity index (χ4n) is 3.56. The lowest BCUT2D eigenvalue weighted by Crippen LogP contribution is -2.48. The second kappa shape index (κ2) is 6.16. The molecule has 2 aliphatic heterocycles. The Balaban J connectivity index is 1.60. The Hall–Kier alpha value is -2.38. The zero-order valence-corrected chi connectivity index (χ0v) is 14.0. The Morgan fingerprint density at radius 1 is 1.24 bits per heavy atom. The maximum atomic E-state index is 12.8. The Bertz CT molecular complexity index is 859. The van der Waals surface area contributed by atoms with Crippen LogP contribution in [-0.2, 0) is 9.47 Å². The summed E-state index contributed by atoms with van der Waals surface area (Å²) >= 11 is 0. The Labute approximate surface area is 144 Å². The van der Waals surface area contributed by atoms with Gasteiger partial charge in [-0.2, -0.15) is 0 Å². The summed E-state index contributed by atoms with van der Waals surface area (Å²) in [5.74, 6) is -0.234. The molecule has 0 aliphatic carbocycles. The van der Waals surface area contributed by atoms with Crippen LogP contribution in [0, 0.1) is 0 Å². The van der Waals surface area contributed by atoms with E-state index in [1.54, 1.807) is 30.2 Å². The van der Waals surface area contributed by atoms with Crippen LogP contribution in [0.5, 0.6) is 5.75 Å². The van der Waals surface area contributed by atoms with E-state index >= 15 is 0 Å². The molecule has 0 saturated carbocycles. The maximum Gasteiger partial charge on any atom is 0.259 e. The first-order valence-corrected chi connectivity index (χ1v) is 8.39. The van der Waals surface area contributed by atoms with E-state index in [1.165, 1.54) is 6.20 Å². The van der Waals surface area contributed by atoms with Gasteiger partial charge in [-0.25, -0.2) is 0 Å². The number of nitrogens with one attached hydrogen (secondary N) is 1. The highest BCUT2D eigenvalue weighted by Gasteiger charge is 2.41. The van der Waals surface area contributed by atoms with Crippen molar-refractivity contribution in [2.75, 3.05) is 33.4 Å². The van der Waals surface area contributed by atoms with E-state index < -0.39 is 5.79 Å². The van der Waals surface area contributed by atoms with Crippen molar-refractivity contribution in [2.45, 2.75) is 18.6 Å². The van der Waals surface area contributed by atoms with E-state index in [0.717, 1.165) is 0 Å². The molecule has 0 unspecified atom stereocenters. The lowest BCUT2D eigenvalue weighted by atomic mass is 10.0. The minimum atomic E-state index is -0.542. The first-order valence-electron chi connectivity index (χ1n) is 8.39. The molecular weight excluding hydrogens is 324 g/mol. The van der Waals surface area contributed by atoms with Gasteiger partial charge in [0.1, 0.15) is 11.3 Å². The zero-order chi connectivity index (χ0) is 17.4. The minimum absolute atomic E-state index is 0.143. The Morgan fingerprint density at radius 2 is 1.96 bits per heavy atom. The number of rotatable bonds is 2. The van der Waals surface area contributed by atoms with Gasteiger partial charge in [-0.05, 0) is 12.1 Å². The summed E-state index contributed by atoms with van der Waals surface area (Å²) in [5, 5.41) is 0.445. The number of piperidine rings is 1. The minimum Gasteiger partial charge on any atom is -0.495 e. The number of pyridine rings is 1. The van der Waals surface area contributed by atoms with Crippen LogP contribution < -0.4 is 10.2 Å². The predicted molar refractivity (Wildman–Crippen MR) is 90.9 cm³/mol. The first-order chi connectivity index (χ1) is 12.1. The number of methoxy groups -OCH3 is 1. The average Bonchev–Trinajstić information content (AvgIpc) is 3.10. The molecule has 1 amide bonds. The molecule has 7 heteroatoms.